The summed E-state index contributed by atoms with van der Waals surface area (Å²) in [6.45, 7) is 4.79. The smallest absolute Gasteiger partial charge is 0.320 e. The van der Waals surface area contributed by atoms with Gasteiger partial charge in [-0.25, -0.2) is 9.78 Å². The second kappa shape index (κ2) is 8.35. The van der Waals surface area contributed by atoms with E-state index < -0.39 is 5.60 Å². The number of thiazole rings is 1. The Hall–Kier alpha value is -1.66. The molecule has 7 nitrogen and oxygen atoms in total. The van der Waals surface area contributed by atoms with Crippen molar-refractivity contribution < 1.29 is 14.6 Å². The zero-order chi connectivity index (χ0) is 18.6. The summed E-state index contributed by atoms with van der Waals surface area (Å²) in [5.74, 6) is 2.61. The minimum absolute atomic E-state index is 0.0465. The van der Waals surface area contributed by atoms with Crippen molar-refractivity contribution in [3.05, 3.63) is 16.1 Å². The molecule has 2 aliphatic rings. The predicted octanol–water partition coefficient (Wildman–Crippen LogP) is 0.944. The molecule has 0 unspecified atom stereocenters. The number of terminal acetylenes is 1. The summed E-state index contributed by atoms with van der Waals surface area (Å²) < 4.78 is 5.30. The van der Waals surface area contributed by atoms with Gasteiger partial charge in [-0.2, -0.15) is 0 Å². The van der Waals surface area contributed by atoms with Gasteiger partial charge in [0.2, 0.25) is 0 Å². The van der Waals surface area contributed by atoms with Crippen LogP contribution in [0.2, 0.25) is 0 Å². The number of aliphatic hydroxyl groups is 1. The summed E-state index contributed by atoms with van der Waals surface area (Å²) in [6.07, 6.45) is 6.34. The number of ether oxygens (including phenoxy) is 1. The Morgan fingerprint density at radius 3 is 2.69 bits per heavy atom. The SMILES string of the molecule is C#CCN(C)Cc1nc(C2(O)CCN(C(=O)N3CCOCC3)CC2)cs1. The van der Waals surface area contributed by atoms with Gasteiger partial charge in [-0.1, -0.05) is 5.92 Å². The van der Waals surface area contributed by atoms with Crippen molar-refractivity contribution in [1.29, 1.82) is 0 Å². The van der Waals surface area contributed by atoms with Gasteiger partial charge in [0, 0.05) is 31.6 Å². The minimum atomic E-state index is -0.957. The summed E-state index contributed by atoms with van der Waals surface area (Å²) in [6, 6.07) is 0.0465. The van der Waals surface area contributed by atoms with Gasteiger partial charge in [0.15, 0.2) is 0 Å². The first-order chi connectivity index (χ1) is 12.5. The van der Waals surface area contributed by atoms with Gasteiger partial charge in [-0.15, -0.1) is 17.8 Å². The average molecular weight is 378 g/mol. The van der Waals surface area contributed by atoms with Gasteiger partial charge >= 0.3 is 6.03 Å². The molecule has 1 aromatic heterocycles. The number of likely N-dealkylation sites (tertiary alicyclic amines) is 1. The maximum absolute atomic E-state index is 12.6. The van der Waals surface area contributed by atoms with Gasteiger partial charge < -0.3 is 19.6 Å². The van der Waals surface area contributed by atoms with Crippen LogP contribution in [0.25, 0.3) is 0 Å². The molecule has 2 amide bonds. The molecule has 0 aromatic carbocycles. The summed E-state index contributed by atoms with van der Waals surface area (Å²) >= 11 is 1.54. The third-order valence-electron chi connectivity index (χ3n) is 4.94. The third kappa shape index (κ3) is 4.35. The van der Waals surface area contributed by atoms with Crippen LogP contribution < -0.4 is 0 Å². The van der Waals surface area contributed by atoms with Gasteiger partial charge in [0.25, 0.3) is 0 Å². The molecule has 1 aromatic rings. The van der Waals surface area contributed by atoms with E-state index in [4.69, 9.17) is 11.2 Å². The van der Waals surface area contributed by atoms with Crippen LogP contribution >= 0.6 is 11.3 Å². The lowest BCUT2D eigenvalue weighted by atomic mass is 9.89. The molecule has 0 radical (unpaired) electrons. The number of carbonyl (C=O) groups is 1. The Bertz CT molecular complexity index is 658. The first-order valence-corrected chi connectivity index (χ1v) is 9.81. The minimum Gasteiger partial charge on any atom is -0.383 e. The number of nitrogens with zero attached hydrogens (tertiary/aromatic N) is 4. The Labute approximate surface area is 158 Å². The molecule has 0 saturated carbocycles. The maximum Gasteiger partial charge on any atom is 0.320 e. The fourth-order valence-corrected chi connectivity index (χ4v) is 4.28. The molecular weight excluding hydrogens is 352 g/mol. The molecule has 26 heavy (non-hydrogen) atoms. The molecule has 3 rings (SSSR count). The molecule has 3 heterocycles. The van der Waals surface area contributed by atoms with E-state index >= 15 is 0 Å². The van der Waals surface area contributed by atoms with Crippen molar-refractivity contribution >= 4 is 17.4 Å². The van der Waals surface area contributed by atoms with E-state index in [9.17, 15) is 9.90 Å². The number of rotatable bonds is 4. The van der Waals surface area contributed by atoms with Crippen LogP contribution in [-0.2, 0) is 16.9 Å². The Morgan fingerprint density at radius 1 is 1.38 bits per heavy atom. The van der Waals surface area contributed by atoms with Gasteiger partial charge in [0.05, 0.1) is 32.0 Å². The van der Waals surface area contributed by atoms with Gasteiger partial charge in [-0.05, 0) is 19.9 Å². The summed E-state index contributed by atoms with van der Waals surface area (Å²) in [7, 11) is 1.95. The van der Waals surface area contributed by atoms with Crippen molar-refractivity contribution in [2.75, 3.05) is 53.0 Å². The largest absolute Gasteiger partial charge is 0.383 e. The molecule has 0 bridgehead atoms. The second-order valence-electron chi connectivity index (χ2n) is 6.90. The summed E-state index contributed by atoms with van der Waals surface area (Å²) in [4.78, 5) is 22.8. The molecular formula is C18H26N4O3S. The first kappa shape index (κ1) is 19.1. The highest BCUT2D eigenvalue weighted by Gasteiger charge is 2.38. The van der Waals surface area contributed by atoms with Gasteiger partial charge in [-0.3, -0.25) is 4.90 Å². The lowest BCUT2D eigenvalue weighted by Gasteiger charge is -2.40. The quantitative estimate of drug-likeness (QED) is 0.790. The zero-order valence-electron chi connectivity index (χ0n) is 15.2. The van der Waals surface area contributed by atoms with Crippen LogP contribution in [0.15, 0.2) is 5.38 Å². The van der Waals surface area contributed by atoms with E-state index in [2.05, 4.69) is 10.9 Å². The van der Waals surface area contributed by atoms with Crippen LogP contribution in [0.4, 0.5) is 4.79 Å². The molecule has 2 aliphatic heterocycles. The zero-order valence-corrected chi connectivity index (χ0v) is 16.0. The third-order valence-corrected chi connectivity index (χ3v) is 5.77. The molecule has 0 aliphatic carbocycles. The highest BCUT2D eigenvalue weighted by atomic mass is 32.1. The van der Waals surface area contributed by atoms with Crippen LogP contribution in [-0.4, -0.2) is 83.8 Å². The molecule has 0 spiro atoms. The lowest BCUT2D eigenvalue weighted by molar-refractivity contribution is -0.0265. The molecule has 8 heteroatoms. The van der Waals surface area contributed by atoms with Crippen LogP contribution in [0.3, 0.4) is 0 Å². The van der Waals surface area contributed by atoms with Crippen LogP contribution in [0.1, 0.15) is 23.5 Å². The number of aromatic nitrogens is 1. The van der Waals surface area contributed by atoms with Crippen molar-refractivity contribution in [2.24, 2.45) is 0 Å². The van der Waals surface area contributed by atoms with E-state index in [1.54, 1.807) is 11.3 Å². The number of hydrogen-bond donors (Lipinski definition) is 1. The Kier molecular flexibility index (Phi) is 6.14. The Balaban J connectivity index is 1.56. The van der Waals surface area contributed by atoms with E-state index in [1.807, 2.05) is 27.1 Å². The highest BCUT2D eigenvalue weighted by molar-refractivity contribution is 7.09. The van der Waals surface area contributed by atoms with Crippen molar-refractivity contribution in [2.45, 2.75) is 25.0 Å². The first-order valence-electron chi connectivity index (χ1n) is 8.93. The number of amides is 2. The molecule has 1 N–H and O–H groups in total. The number of urea groups is 1. The molecule has 2 saturated heterocycles. The van der Waals surface area contributed by atoms with Gasteiger partial charge in [0.1, 0.15) is 10.6 Å². The number of hydrogen-bond acceptors (Lipinski definition) is 6. The number of morpholine rings is 1. The number of carbonyl (C=O) groups excluding carboxylic acids is 1. The number of piperidine rings is 1. The standard InChI is InChI=1S/C18H26N4O3S/c1-3-6-20(2)13-16-19-15(14-26-16)18(24)4-7-21(8-5-18)17(23)22-9-11-25-12-10-22/h1,14,24H,4-13H2,2H3. The monoisotopic (exact) mass is 378 g/mol. The molecule has 142 valence electrons. The Morgan fingerprint density at radius 2 is 2.04 bits per heavy atom. The van der Waals surface area contributed by atoms with Crippen molar-refractivity contribution in [3.63, 3.8) is 0 Å². The maximum atomic E-state index is 12.6. The van der Waals surface area contributed by atoms with E-state index in [0.29, 0.717) is 71.0 Å². The fourth-order valence-electron chi connectivity index (χ4n) is 3.32. The van der Waals surface area contributed by atoms with E-state index in [-0.39, 0.29) is 6.03 Å². The molecule has 2 fully saturated rings. The summed E-state index contributed by atoms with van der Waals surface area (Å²) in [5.41, 5.74) is -0.244. The summed E-state index contributed by atoms with van der Waals surface area (Å²) in [5, 5.41) is 13.9. The normalized spacial score (nSPS) is 20.2. The molecule has 0 atom stereocenters. The average Bonchev–Trinajstić information content (AvgIpc) is 3.12. The van der Waals surface area contributed by atoms with Crippen molar-refractivity contribution in [3.8, 4) is 12.3 Å². The van der Waals surface area contributed by atoms with Crippen molar-refractivity contribution in [1.82, 2.24) is 19.7 Å². The topological polar surface area (TPSA) is 69.1 Å². The lowest BCUT2D eigenvalue weighted by Crippen LogP contribution is -2.52. The fraction of sp³-hybridized carbons (Fsp3) is 0.667. The van der Waals surface area contributed by atoms with Crippen LogP contribution in [0.5, 0.6) is 0 Å². The van der Waals surface area contributed by atoms with E-state index in [1.165, 1.54) is 0 Å². The van der Waals surface area contributed by atoms with Crippen LogP contribution in [0, 0.1) is 12.3 Å². The second-order valence-corrected chi connectivity index (χ2v) is 7.85. The predicted molar refractivity (Wildman–Crippen MR) is 99.8 cm³/mol. The van der Waals surface area contributed by atoms with E-state index in [0.717, 1.165) is 5.01 Å². The highest BCUT2D eigenvalue weighted by Crippen LogP contribution is 2.34.